The lowest BCUT2D eigenvalue weighted by Gasteiger charge is -2.32. The fourth-order valence-corrected chi connectivity index (χ4v) is 5.45. The van der Waals surface area contributed by atoms with Crippen molar-refractivity contribution in [3.8, 4) is 0 Å². The van der Waals surface area contributed by atoms with E-state index < -0.39 is 15.6 Å². The van der Waals surface area contributed by atoms with Crippen molar-refractivity contribution in [1.29, 1.82) is 0 Å². The van der Waals surface area contributed by atoms with E-state index in [2.05, 4.69) is 10.3 Å². The molecule has 1 fully saturated rings. The van der Waals surface area contributed by atoms with Crippen molar-refractivity contribution < 1.29 is 18.0 Å². The second-order valence-corrected chi connectivity index (χ2v) is 9.55. The van der Waals surface area contributed by atoms with Crippen molar-refractivity contribution in [3.63, 3.8) is 0 Å². The lowest BCUT2D eigenvalue weighted by Crippen LogP contribution is -2.46. The van der Waals surface area contributed by atoms with Crippen LogP contribution in [0.25, 0.3) is 10.9 Å². The fraction of sp³-hybridized carbons (Fsp3) is 0.476. The van der Waals surface area contributed by atoms with Gasteiger partial charge >= 0.3 is 0 Å². The Kier molecular flexibility index (Phi) is 6.80. The van der Waals surface area contributed by atoms with E-state index in [1.54, 1.807) is 18.7 Å². The Bertz CT molecular complexity index is 1150. The lowest BCUT2D eigenvalue weighted by molar-refractivity contribution is -0.119. The summed E-state index contributed by atoms with van der Waals surface area (Å²) in [5.41, 5.74) is 0.152. The number of amides is 2. The number of piperidine rings is 1. The van der Waals surface area contributed by atoms with E-state index in [4.69, 9.17) is 0 Å². The molecule has 2 aromatic rings. The molecule has 1 aliphatic heterocycles. The van der Waals surface area contributed by atoms with Crippen LogP contribution in [0.4, 0.5) is 0 Å². The number of rotatable bonds is 6. The van der Waals surface area contributed by atoms with Gasteiger partial charge in [-0.3, -0.25) is 14.4 Å². The van der Waals surface area contributed by atoms with E-state index in [1.807, 2.05) is 0 Å². The molecule has 2 amide bonds. The maximum absolute atomic E-state index is 13.2. The molecule has 3 rings (SSSR count). The number of sulfonamides is 1. The van der Waals surface area contributed by atoms with E-state index in [0.29, 0.717) is 49.9 Å². The third kappa shape index (κ3) is 4.80. The van der Waals surface area contributed by atoms with Crippen LogP contribution in [-0.2, 0) is 14.8 Å². The second kappa shape index (κ2) is 9.19. The number of H-pyrrole nitrogens is 1. The molecule has 168 valence electrons. The summed E-state index contributed by atoms with van der Waals surface area (Å²) in [6.45, 7) is 6.53. The normalized spacial score (nSPS) is 15.4. The van der Waals surface area contributed by atoms with Crippen molar-refractivity contribution in [2.24, 2.45) is 0 Å². The Morgan fingerprint density at radius 3 is 2.39 bits per heavy atom. The number of carbonyl (C=O) groups excluding carboxylic acids is 2. The number of likely N-dealkylation sites (tertiary alicyclic amines) is 1. The van der Waals surface area contributed by atoms with Gasteiger partial charge in [-0.25, -0.2) is 8.42 Å². The van der Waals surface area contributed by atoms with E-state index in [0.717, 1.165) is 0 Å². The van der Waals surface area contributed by atoms with Gasteiger partial charge in [0.25, 0.3) is 5.91 Å². The number of hydrogen-bond acceptors (Lipinski definition) is 5. The van der Waals surface area contributed by atoms with Gasteiger partial charge in [0.15, 0.2) is 0 Å². The molecule has 2 heterocycles. The summed E-state index contributed by atoms with van der Waals surface area (Å²) in [4.78, 5) is 41.0. The molecular formula is C21H28N4O5S. The van der Waals surface area contributed by atoms with Crippen molar-refractivity contribution >= 4 is 32.7 Å². The van der Waals surface area contributed by atoms with Crippen molar-refractivity contribution in [1.82, 2.24) is 19.5 Å². The van der Waals surface area contributed by atoms with Gasteiger partial charge in [0, 0.05) is 56.1 Å². The summed E-state index contributed by atoms with van der Waals surface area (Å²) < 4.78 is 27.2. The molecule has 2 N–H and O–H groups in total. The molecule has 0 unspecified atom stereocenters. The maximum Gasteiger partial charge on any atom is 0.254 e. The summed E-state index contributed by atoms with van der Waals surface area (Å²) >= 11 is 0. The first-order valence-corrected chi connectivity index (χ1v) is 11.8. The molecule has 10 heteroatoms. The van der Waals surface area contributed by atoms with Crippen LogP contribution in [0, 0.1) is 0 Å². The Balaban J connectivity index is 1.97. The number of hydrogen-bond donors (Lipinski definition) is 2. The van der Waals surface area contributed by atoms with E-state index in [1.165, 1.54) is 35.5 Å². The highest BCUT2D eigenvalue weighted by molar-refractivity contribution is 7.89. The first-order valence-electron chi connectivity index (χ1n) is 10.4. The molecule has 1 saturated heterocycles. The third-order valence-electron chi connectivity index (χ3n) is 5.58. The maximum atomic E-state index is 13.2. The van der Waals surface area contributed by atoms with E-state index in [-0.39, 0.29) is 28.3 Å². The predicted octanol–water partition coefficient (Wildman–Crippen LogP) is 1.30. The molecule has 31 heavy (non-hydrogen) atoms. The molecule has 1 aromatic heterocycles. The molecule has 1 aromatic carbocycles. The van der Waals surface area contributed by atoms with Crippen LogP contribution in [0.15, 0.2) is 34.0 Å². The number of aromatic nitrogens is 1. The number of carbonyl (C=O) groups is 2. The standard InChI is InChI=1S/C21H28N4O5S/c1-4-25(5-2)31(29,30)16-6-7-19-17(12-16)18(13-20(27)23-19)21(28)24-10-8-15(9-11-24)22-14(3)26/h6-7,12-13,15H,4-5,8-11H2,1-3H3,(H,22,26)(H,23,27). The minimum absolute atomic E-state index is 0.0169. The average molecular weight is 449 g/mol. The van der Waals surface area contributed by atoms with Crippen LogP contribution in [0.3, 0.4) is 0 Å². The van der Waals surface area contributed by atoms with Crippen LogP contribution in [0.1, 0.15) is 44.0 Å². The first-order chi connectivity index (χ1) is 14.7. The highest BCUT2D eigenvalue weighted by Gasteiger charge is 2.27. The minimum Gasteiger partial charge on any atom is -0.353 e. The van der Waals surface area contributed by atoms with E-state index >= 15 is 0 Å². The minimum atomic E-state index is -3.71. The number of benzene rings is 1. The average Bonchev–Trinajstić information content (AvgIpc) is 2.73. The van der Waals surface area contributed by atoms with Crippen molar-refractivity contribution in [2.75, 3.05) is 26.2 Å². The van der Waals surface area contributed by atoms with Gasteiger partial charge in [-0.2, -0.15) is 4.31 Å². The quantitative estimate of drug-likeness (QED) is 0.690. The molecular weight excluding hydrogens is 420 g/mol. The Morgan fingerprint density at radius 2 is 1.81 bits per heavy atom. The van der Waals surface area contributed by atoms with Gasteiger partial charge in [0.2, 0.25) is 21.5 Å². The smallest absolute Gasteiger partial charge is 0.254 e. The second-order valence-electron chi connectivity index (χ2n) is 7.61. The Labute approximate surface area is 181 Å². The highest BCUT2D eigenvalue weighted by Crippen LogP contribution is 2.24. The van der Waals surface area contributed by atoms with Gasteiger partial charge in [-0.05, 0) is 31.0 Å². The van der Waals surface area contributed by atoms with E-state index in [9.17, 15) is 22.8 Å². The summed E-state index contributed by atoms with van der Waals surface area (Å²) in [6.07, 6.45) is 1.24. The van der Waals surface area contributed by atoms with Gasteiger partial charge < -0.3 is 15.2 Å². The largest absolute Gasteiger partial charge is 0.353 e. The Hall–Kier alpha value is -2.72. The third-order valence-corrected chi connectivity index (χ3v) is 7.62. The number of nitrogens with one attached hydrogen (secondary N) is 2. The summed E-state index contributed by atoms with van der Waals surface area (Å²) in [7, 11) is -3.71. The monoisotopic (exact) mass is 448 g/mol. The van der Waals surface area contributed by atoms with Crippen LogP contribution in [-0.4, -0.2) is 66.6 Å². The number of pyridine rings is 1. The molecule has 9 nitrogen and oxygen atoms in total. The zero-order valence-electron chi connectivity index (χ0n) is 18.0. The molecule has 0 bridgehead atoms. The van der Waals surface area contributed by atoms with Gasteiger partial charge in [-0.1, -0.05) is 13.8 Å². The predicted molar refractivity (Wildman–Crippen MR) is 117 cm³/mol. The topological polar surface area (TPSA) is 120 Å². The zero-order chi connectivity index (χ0) is 22.8. The Morgan fingerprint density at radius 1 is 1.16 bits per heavy atom. The lowest BCUT2D eigenvalue weighted by atomic mass is 10.0. The molecule has 0 radical (unpaired) electrons. The van der Waals surface area contributed by atoms with Gasteiger partial charge in [0.05, 0.1) is 10.5 Å². The summed E-state index contributed by atoms with van der Waals surface area (Å²) in [6, 6.07) is 5.66. The summed E-state index contributed by atoms with van der Waals surface area (Å²) in [5, 5.41) is 3.25. The van der Waals surface area contributed by atoms with Crippen molar-refractivity contribution in [3.05, 3.63) is 40.2 Å². The molecule has 1 aliphatic rings. The van der Waals surface area contributed by atoms with Crippen molar-refractivity contribution in [2.45, 2.75) is 44.6 Å². The highest BCUT2D eigenvalue weighted by atomic mass is 32.2. The van der Waals surface area contributed by atoms with Crippen LogP contribution in [0.2, 0.25) is 0 Å². The van der Waals surface area contributed by atoms with Crippen LogP contribution in [0.5, 0.6) is 0 Å². The first kappa shape index (κ1) is 23.0. The SMILES string of the molecule is CCN(CC)S(=O)(=O)c1ccc2[nH]c(=O)cc(C(=O)N3CCC(NC(C)=O)CC3)c2c1. The zero-order valence-corrected chi connectivity index (χ0v) is 18.8. The van der Waals surface area contributed by atoms with Crippen LogP contribution >= 0.6 is 0 Å². The molecule has 0 aliphatic carbocycles. The number of fused-ring (bicyclic) bond motifs is 1. The molecule has 0 spiro atoms. The van der Waals surface area contributed by atoms with Crippen LogP contribution < -0.4 is 10.9 Å². The van der Waals surface area contributed by atoms with Gasteiger partial charge in [0.1, 0.15) is 0 Å². The number of aromatic amines is 1. The molecule has 0 saturated carbocycles. The fourth-order valence-electron chi connectivity index (χ4n) is 3.97. The summed E-state index contributed by atoms with van der Waals surface area (Å²) in [5.74, 6) is -0.429. The number of nitrogens with zero attached hydrogens (tertiary/aromatic N) is 2. The molecule has 0 atom stereocenters. The van der Waals surface area contributed by atoms with Gasteiger partial charge in [-0.15, -0.1) is 0 Å².